The first-order valence-electron chi connectivity index (χ1n) is 9.79. The lowest BCUT2D eigenvalue weighted by Gasteiger charge is -2.13. The van der Waals surface area contributed by atoms with Crippen LogP contribution in [0, 0.1) is 0 Å². The summed E-state index contributed by atoms with van der Waals surface area (Å²) in [5.74, 6) is 0. The Kier molecular flexibility index (Phi) is 5.46. The molecule has 1 aliphatic carbocycles. The van der Waals surface area contributed by atoms with E-state index in [0.29, 0.717) is 0 Å². The maximum absolute atomic E-state index is 4.60. The molecule has 0 radical (unpaired) electrons. The van der Waals surface area contributed by atoms with Gasteiger partial charge >= 0.3 is 0 Å². The lowest BCUT2D eigenvalue weighted by atomic mass is 9.94. The van der Waals surface area contributed by atoms with Crippen LogP contribution in [0.3, 0.4) is 0 Å². The van der Waals surface area contributed by atoms with Gasteiger partial charge in [-0.3, -0.25) is 4.99 Å². The van der Waals surface area contributed by atoms with E-state index in [1.807, 2.05) is 6.21 Å². The van der Waals surface area contributed by atoms with Gasteiger partial charge in [-0.25, -0.2) is 4.58 Å². The van der Waals surface area contributed by atoms with Crippen LogP contribution in [0.2, 0.25) is 0 Å². The monoisotopic (exact) mass is 373 g/mol. The maximum atomic E-state index is 4.60. The van der Waals surface area contributed by atoms with Crippen molar-refractivity contribution in [1.29, 1.82) is 0 Å². The van der Waals surface area contributed by atoms with Crippen LogP contribution in [-0.4, -0.2) is 36.1 Å². The minimum atomic E-state index is -0.0555. The SMILES string of the molecule is C/C=C1/C=Cc2ccc(-c3ccc(C=NC(C)(C)C)cc3)[n+](C)c2C1=[N+](C)C. The second-order valence-electron chi connectivity index (χ2n) is 8.45. The minimum Gasteiger partial charge on any atom is -0.287 e. The molecule has 0 spiro atoms. The highest BCUT2D eigenvalue weighted by atomic mass is 15.0. The van der Waals surface area contributed by atoms with Crippen molar-refractivity contribution in [3.05, 3.63) is 70.9 Å². The van der Waals surface area contributed by atoms with Crippen molar-refractivity contribution in [2.24, 2.45) is 12.0 Å². The molecule has 1 aromatic heterocycles. The van der Waals surface area contributed by atoms with Gasteiger partial charge in [-0.1, -0.05) is 18.2 Å². The maximum Gasteiger partial charge on any atom is 0.285 e. The summed E-state index contributed by atoms with van der Waals surface area (Å²) in [5, 5.41) is 0. The van der Waals surface area contributed by atoms with E-state index in [-0.39, 0.29) is 5.54 Å². The normalized spacial score (nSPS) is 15.4. The van der Waals surface area contributed by atoms with E-state index in [2.05, 4.69) is 118 Å². The fourth-order valence-corrected chi connectivity index (χ4v) is 3.50. The number of allylic oxidation sites excluding steroid dienone is 3. The zero-order chi connectivity index (χ0) is 20.5. The summed E-state index contributed by atoms with van der Waals surface area (Å²) >= 11 is 0. The van der Waals surface area contributed by atoms with Crippen molar-refractivity contribution in [2.75, 3.05) is 14.1 Å². The molecule has 1 heterocycles. The van der Waals surface area contributed by atoms with Crippen molar-refractivity contribution in [2.45, 2.75) is 33.2 Å². The van der Waals surface area contributed by atoms with Gasteiger partial charge in [0.2, 0.25) is 5.69 Å². The lowest BCUT2D eigenvalue weighted by Crippen LogP contribution is -2.42. The Balaban J connectivity index is 2.07. The fourth-order valence-electron chi connectivity index (χ4n) is 3.50. The van der Waals surface area contributed by atoms with Crippen LogP contribution in [-0.2, 0) is 7.05 Å². The van der Waals surface area contributed by atoms with Gasteiger partial charge < -0.3 is 0 Å². The van der Waals surface area contributed by atoms with Crippen LogP contribution in [0.1, 0.15) is 44.5 Å². The van der Waals surface area contributed by atoms with Crippen LogP contribution < -0.4 is 4.57 Å². The molecule has 0 amide bonds. The predicted octanol–water partition coefficient (Wildman–Crippen LogP) is 4.43. The molecule has 2 aromatic rings. The molecule has 0 atom stereocenters. The van der Waals surface area contributed by atoms with Crippen molar-refractivity contribution < 1.29 is 9.14 Å². The molecule has 144 valence electrons. The number of rotatable bonds is 2. The summed E-state index contributed by atoms with van der Waals surface area (Å²) in [5.41, 5.74) is 8.46. The van der Waals surface area contributed by atoms with Crippen LogP contribution in [0.4, 0.5) is 0 Å². The Morgan fingerprint density at radius 3 is 2.21 bits per heavy atom. The van der Waals surface area contributed by atoms with Crippen molar-refractivity contribution in [1.82, 2.24) is 0 Å². The smallest absolute Gasteiger partial charge is 0.285 e. The van der Waals surface area contributed by atoms with Gasteiger partial charge in [-0.15, -0.1) is 0 Å². The average molecular weight is 374 g/mol. The Bertz CT molecular complexity index is 1010. The lowest BCUT2D eigenvalue weighted by molar-refractivity contribution is -0.664. The van der Waals surface area contributed by atoms with E-state index in [0.717, 1.165) is 5.56 Å². The van der Waals surface area contributed by atoms with Gasteiger partial charge in [0.1, 0.15) is 21.1 Å². The summed E-state index contributed by atoms with van der Waals surface area (Å²) in [6.07, 6.45) is 8.52. The molecule has 3 nitrogen and oxygen atoms in total. The topological polar surface area (TPSA) is 19.2 Å². The second kappa shape index (κ2) is 7.67. The predicted molar refractivity (Wildman–Crippen MR) is 119 cm³/mol. The first-order valence-corrected chi connectivity index (χ1v) is 9.79. The van der Waals surface area contributed by atoms with Gasteiger partial charge in [0, 0.05) is 23.4 Å². The molecule has 28 heavy (non-hydrogen) atoms. The zero-order valence-electron chi connectivity index (χ0n) is 18.1. The van der Waals surface area contributed by atoms with Crippen molar-refractivity contribution >= 4 is 18.0 Å². The molecular weight excluding hydrogens is 342 g/mol. The fraction of sp³-hybridized carbons (Fsp3) is 0.320. The van der Waals surface area contributed by atoms with E-state index in [1.54, 1.807) is 0 Å². The Hall–Kier alpha value is -2.81. The van der Waals surface area contributed by atoms with Gasteiger partial charge in [0.05, 0.1) is 11.1 Å². The zero-order valence-corrected chi connectivity index (χ0v) is 18.1. The molecule has 0 N–H and O–H groups in total. The number of pyridine rings is 1. The van der Waals surface area contributed by atoms with Crippen LogP contribution >= 0.6 is 0 Å². The Morgan fingerprint density at radius 2 is 1.64 bits per heavy atom. The third kappa shape index (κ3) is 4.04. The molecule has 1 aromatic carbocycles. The molecule has 3 heteroatoms. The largest absolute Gasteiger partial charge is 0.287 e. The van der Waals surface area contributed by atoms with E-state index >= 15 is 0 Å². The molecule has 0 bridgehead atoms. The van der Waals surface area contributed by atoms with Gasteiger partial charge in [-0.2, -0.15) is 4.57 Å². The molecule has 0 aliphatic heterocycles. The molecular formula is C25H31N3+2. The number of benzene rings is 1. The molecule has 0 unspecified atom stereocenters. The van der Waals surface area contributed by atoms with E-state index < -0.39 is 0 Å². The van der Waals surface area contributed by atoms with Gasteiger partial charge in [-0.05, 0) is 63.6 Å². The average Bonchev–Trinajstić information content (AvgIpc) is 2.65. The van der Waals surface area contributed by atoms with Crippen LogP contribution in [0.25, 0.3) is 17.3 Å². The standard InChI is InChI=1S/C25H31N3/c1-8-19-13-14-21-15-16-22(28(7)24(21)23(19)27(5)6)20-11-9-18(10-12-20)17-26-25(2,3)4/h8-17H,1-7H3/q+2/b19-8-,26-17?. The third-order valence-corrected chi connectivity index (χ3v) is 4.90. The Morgan fingerprint density at radius 1 is 0.964 bits per heavy atom. The van der Waals surface area contributed by atoms with E-state index in [1.165, 1.54) is 33.8 Å². The third-order valence-electron chi connectivity index (χ3n) is 4.90. The van der Waals surface area contributed by atoms with Crippen LogP contribution in [0.15, 0.2) is 59.1 Å². The molecule has 1 aliphatic rings. The van der Waals surface area contributed by atoms with Gasteiger partial charge in [0.25, 0.3) is 11.4 Å². The number of hydrogen-bond acceptors (Lipinski definition) is 1. The van der Waals surface area contributed by atoms with Crippen LogP contribution in [0.5, 0.6) is 0 Å². The highest BCUT2D eigenvalue weighted by Crippen LogP contribution is 2.24. The summed E-state index contributed by atoms with van der Waals surface area (Å²) in [6.45, 7) is 8.42. The molecule has 0 fully saturated rings. The molecule has 0 saturated carbocycles. The summed E-state index contributed by atoms with van der Waals surface area (Å²) in [7, 11) is 6.37. The number of fused-ring (bicyclic) bond motifs is 1. The van der Waals surface area contributed by atoms with Crippen molar-refractivity contribution in [3.63, 3.8) is 0 Å². The number of aromatic nitrogens is 1. The number of nitrogens with zero attached hydrogens (tertiary/aromatic N) is 3. The van der Waals surface area contributed by atoms with E-state index in [9.17, 15) is 0 Å². The summed E-state index contributed by atoms with van der Waals surface area (Å²) in [6, 6.07) is 13.0. The number of hydrogen-bond donors (Lipinski definition) is 0. The first kappa shape index (κ1) is 19.9. The highest BCUT2D eigenvalue weighted by Gasteiger charge is 2.32. The minimum absolute atomic E-state index is 0.0555. The summed E-state index contributed by atoms with van der Waals surface area (Å²) in [4.78, 5) is 4.60. The number of aliphatic imine (C=N–C) groups is 1. The Labute approximate surface area is 169 Å². The molecule has 3 rings (SSSR count). The quantitative estimate of drug-likeness (QED) is 0.548. The summed E-state index contributed by atoms with van der Waals surface area (Å²) < 4.78 is 4.50. The van der Waals surface area contributed by atoms with E-state index in [4.69, 9.17) is 0 Å². The highest BCUT2D eigenvalue weighted by molar-refractivity contribution is 6.13. The second-order valence-corrected chi connectivity index (χ2v) is 8.45. The first-order chi connectivity index (χ1) is 13.2. The van der Waals surface area contributed by atoms with Gasteiger partial charge in [0.15, 0.2) is 0 Å². The van der Waals surface area contributed by atoms with Crippen molar-refractivity contribution in [3.8, 4) is 11.3 Å². The molecule has 0 saturated heterocycles.